The van der Waals surface area contributed by atoms with E-state index in [1.54, 1.807) is 0 Å². The van der Waals surface area contributed by atoms with Gasteiger partial charge in [0.05, 0.1) is 17.6 Å². The van der Waals surface area contributed by atoms with Gasteiger partial charge in [0.25, 0.3) is 0 Å². The molecule has 0 aliphatic carbocycles. The molecule has 1 aliphatic rings. The summed E-state index contributed by atoms with van der Waals surface area (Å²) in [6.07, 6.45) is 8.27. The van der Waals surface area contributed by atoms with Crippen molar-refractivity contribution < 1.29 is 9.53 Å². The highest BCUT2D eigenvalue weighted by molar-refractivity contribution is 6.01. The van der Waals surface area contributed by atoms with Gasteiger partial charge in [-0.25, -0.2) is 0 Å². The lowest BCUT2D eigenvalue weighted by Crippen LogP contribution is -2.42. The zero-order valence-corrected chi connectivity index (χ0v) is 14.4. The van der Waals surface area contributed by atoms with Gasteiger partial charge in [-0.05, 0) is 43.2 Å². The summed E-state index contributed by atoms with van der Waals surface area (Å²) in [7, 11) is 2.01. The van der Waals surface area contributed by atoms with Gasteiger partial charge < -0.3 is 19.2 Å². The molecule has 130 valence electrons. The molecule has 1 N–H and O–H groups in total. The highest BCUT2D eigenvalue weighted by Crippen LogP contribution is 2.34. The Balaban J connectivity index is 1.58. The van der Waals surface area contributed by atoms with E-state index < -0.39 is 0 Å². The summed E-state index contributed by atoms with van der Waals surface area (Å²) >= 11 is 0. The first-order chi connectivity index (χ1) is 12.2. The highest BCUT2D eigenvalue weighted by Gasteiger charge is 2.36. The van der Waals surface area contributed by atoms with Gasteiger partial charge in [0.15, 0.2) is 0 Å². The maximum absolute atomic E-state index is 12.9. The second-order valence-electron chi connectivity index (χ2n) is 6.82. The first kappa shape index (κ1) is 16.0. The Kier molecular flexibility index (Phi) is 4.09. The minimum Gasteiger partial charge on any atom is -0.381 e. The molecule has 0 atom stereocenters. The van der Waals surface area contributed by atoms with Crippen LogP contribution < -0.4 is 5.32 Å². The monoisotopic (exact) mass is 337 g/mol. The number of carbonyl (C=O) groups is 1. The van der Waals surface area contributed by atoms with Crippen molar-refractivity contribution in [2.75, 3.05) is 18.5 Å². The number of amides is 1. The lowest BCUT2D eigenvalue weighted by atomic mass is 9.86. The molecule has 5 nitrogen and oxygen atoms in total. The van der Waals surface area contributed by atoms with Crippen LogP contribution in [0.2, 0.25) is 0 Å². The molecule has 1 amide bonds. The van der Waals surface area contributed by atoms with E-state index in [4.69, 9.17) is 4.74 Å². The number of anilines is 1. The van der Waals surface area contributed by atoms with Crippen LogP contribution in [0.15, 0.2) is 55.0 Å². The molecule has 25 heavy (non-hydrogen) atoms. The van der Waals surface area contributed by atoms with Crippen LogP contribution >= 0.6 is 0 Å². The van der Waals surface area contributed by atoms with Gasteiger partial charge in [0, 0.05) is 49.8 Å². The summed E-state index contributed by atoms with van der Waals surface area (Å²) in [5, 5.41) is 4.20. The van der Waals surface area contributed by atoms with Crippen LogP contribution in [0.1, 0.15) is 19.3 Å². The minimum absolute atomic E-state index is 0.0481. The molecule has 1 fully saturated rings. The van der Waals surface area contributed by atoms with Gasteiger partial charge in [-0.1, -0.05) is 6.07 Å². The number of benzene rings is 1. The van der Waals surface area contributed by atoms with Crippen LogP contribution in [-0.4, -0.2) is 28.3 Å². The minimum atomic E-state index is -0.198. The lowest BCUT2D eigenvalue weighted by molar-refractivity contribution is -0.119. The summed E-state index contributed by atoms with van der Waals surface area (Å²) in [4.78, 5) is 12.9. The van der Waals surface area contributed by atoms with E-state index >= 15 is 0 Å². The first-order valence-corrected chi connectivity index (χ1v) is 8.73. The zero-order chi connectivity index (χ0) is 17.3. The van der Waals surface area contributed by atoms with Crippen molar-refractivity contribution in [2.24, 2.45) is 7.05 Å². The quantitative estimate of drug-likeness (QED) is 0.792. The second kappa shape index (κ2) is 6.41. The number of carbonyl (C=O) groups excluding carboxylic acids is 1. The average Bonchev–Trinajstić information content (AvgIpc) is 3.27. The normalized spacial score (nSPS) is 16.8. The molecule has 3 aromatic rings. The molecular formula is C20H23N3O2. The lowest BCUT2D eigenvalue weighted by Gasteiger charge is -2.38. The first-order valence-electron chi connectivity index (χ1n) is 8.73. The number of ether oxygens (including phenoxy) is 1. The Labute approximate surface area is 147 Å². The van der Waals surface area contributed by atoms with Gasteiger partial charge in [-0.15, -0.1) is 0 Å². The van der Waals surface area contributed by atoms with E-state index in [1.807, 2.05) is 43.6 Å². The average molecular weight is 337 g/mol. The third-order valence-corrected chi connectivity index (χ3v) is 5.27. The maximum Gasteiger partial charge on any atom is 0.226 e. The molecule has 5 heteroatoms. The summed E-state index contributed by atoms with van der Waals surface area (Å²) in [5.41, 5.74) is 1.79. The number of aromatic nitrogens is 2. The SMILES string of the molecule is Cn1ccc2c(NC(=O)CC3(n4cccc4)CCOCC3)cccc21. The third kappa shape index (κ3) is 2.96. The van der Waals surface area contributed by atoms with Crippen molar-refractivity contribution in [3.8, 4) is 0 Å². The zero-order valence-electron chi connectivity index (χ0n) is 14.4. The number of rotatable bonds is 4. The van der Waals surface area contributed by atoms with E-state index in [9.17, 15) is 4.79 Å². The Hall–Kier alpha value is -2.53. The van der Waals surface area contributed by atoms with Gasteiger partial charge in [0.2, 0.25) is 5.91 Å². The fourth-order valence-electron chi connectivity index (χ4n) is 3.83. The van der Waals surface area contributed by atoms with Crippen molar-refractivity contribution in [1.29, 1.82) is 0 Å². The molecule has 0 radical (unpaired) electrons. The highest BCUT2D eigenvalue weighted by atomic mass is 16.5. The molecule has 0 spiro atoms. The van der Waals surface area contributed by atoms with Gasteiger partial charge >= 0.3 is 0 Å². The van der Waals surface area contributed by atoms with Crippen molar-refractivity contribution >= 4 is 22.5 Å². The van der Waals surface area contributed by atoms with Crippen molar-refractivity contribution in [3.63, 3.8) is 0 Å². The fraction of sp³-hybridized carbons (Fsp3) is 0.350. The van der Waals surface area contributed by atoms with Crippen LogP contribution in [0.5, 0.6) is 0 Å². The van der Waals surface area contributed by atoms with Gasteiger partial charge in [-0.2, -0.15) is 0 Å². The fourth-order valence-corrected chi connectivity index (χ4v) is 3.83. The Morgan fingerprint density at radius 3 is 2.64 bits per heavy atom. The summed E-state index contributed by atoms with van der Waals surface area (Å²) in [5.74, 6) is 0.0481. The predicted octanol–water partition coefficient (Wildman–Crippen LogP) is 3.51. The number of nitrogens with zero attached hydrogens (tertiary/aromatic N) is 2. The van der Waals surface area contributed by atoms with Crippen molar-refractivity contribution in [3.05, 3.63) is 55.0 Å². The number of nitrogens with one attached hydrogen (secondary N) is 1. The molecule has 1 aliphatic heterocycles. The molecule has 0 bridgehead atoms. The standard InChI is InChI=1S/C20H23N3O2/c1-22-12-7-16-17(5-4-6-18(16)22)21-19(24)15-20(8-13-25-14-9-20)23-10-2-3-11-23/h2-7,10-12H,8-9,13-15H2,1H3,(H,21,24). The molecule has 0 unspecified atom stereocenters. The van der Waals surface area contributed by atoms with Crippen LogP contribution in [0, 0.1) is 0 Å². The predicted molar refractivity (Wildman–Crippen MR) is 98.6 cm³/mol. The van der Waals surface area contributed by atoms with E-state index in [-0.39, 0.29) is 11.4 Å². The number of fused-ring (bicyclic) bond motifs is 1. The number of hydrogen-bond acceptors (Lipinski definition) is 2. The van der Waals surface area contributed by atoms with E-state index in [2.05, 4.69) is 32.9 Å². The van der Waals surface area contributed by atoms with Crippen molar-refractivity contribution in [1.82, 2.24) is 9.13 Å². The van der Waals surface area contributed by atoms with E-state index in [1.165, 1.54) is 0 Å². The molecule has 3 heterocycles. The van der Waals surface area contributed by atoms with Crippen LogP contribution in [-0.2, 0) is 22.1 Å². The topological polar surface area (TPSA) is 48.2 Å². The smallest absolute Gasteiger partial charge is 0.226 e. The molecule has 0 saturated carbocycles. The molecule has 4 rings (SSSR count). The second-order valence-corrected chi connectivity index (χ2v) is 6.82. The largest absolute Gasteiger partial charge is 0.381 e. The summed E-state index contributed by atoms with van der Waals surface area (Å²) in [6, 6.07) is 12.1. The van der Waals surface area contributed by atoms with Crippen molar-refractivity contribution in [2.45, 2.75) is 24.8 Å². The number of aryl methyl sites for hydroxylation is 1. The van der Waals surface area contributed by atoms with Crippen LogP contribution in [0.4, 0.5) is 5.69 Å². The molecule has 2 aromatic heterocycles. The Bertz CT molecular complexity index is 874. The Morgan fingerprint density at radius 2 is 1.88 bits per heavy atom. The summed E-state index contributed by atoms with van der Waals surface area (Å²) in [6.45, 7) is 1.39. The molecular weight excluding hydrogens is 314 g/mol. The molecule has 1 saturated heterocycles. The van der Waals surface area contributed by atoms with Gasteiger partial charge in [-0.3, -0.25) is 4.79 Å². The Morgan fingerprint density at radius 1 is 1.12 bits per heavy atom. The number of hydrogen-bond donors (Lipinski definition) is 1. The third-order valence-electron chi connectivity index (χ3n) is 5.27. The molecule has 1 aromatic carbocycles. The van der Waals surface area contributed by atoms with E-state index in [0.717, 1.165) is 29.4 Å². The van der Waals surface area contributed by atoms with Gasteiger partial charge in [0.1, 0.15) is 0 Å². The van der Waals surface area contributed by atoms with Crippen LogP contribution in [0.25, 0.3) is 10.9 Å². The van der Waals surface area contributed by atoms with E-state index in [0.29, 0.717) is 19.6 Å². The van der Waals surface area contributed by atoms with Crippen LogP contribution in [0.3, 0.4) is 0 Å². The summed E-state index contributed by atoms with van der Waals surface area (Å²) < 4.78 is 9.77. The maximum atomic E-state index is 12.9.